The number of guanidine groups is 1. The van der Waals surface area contributed by atoms with Gasteiger partial charge < -0.3 is 20.1 Å². The molecule has 0 heterocycles. The number of ether oxygens (including phenoxy) is 2. The summed E-state index contributed by atoms with van der Waals surface area (Å²) < 4.78 is 10.9. The maximum atomic E-state index is 5.51. The maximum absolute atomic E-state index is 5.51. The third-order valence-corrected chi connectivity index (χ3v) is 3.21. The molecule has 0 unspecified atom stereocenters. The zero-order chi connectivity index (χ0) is 15.2. The normalized spacial score (nSPS) is 15.6. The standard InChI is InChI=1S/C16H31N3O2/c1-3-5-11-20-13-14-21-12-10-18-16(17-4-2)19-15-8-6-7-9-15/h6-7,15H,3-5,8-14H2,1-2H3,(H2,17,18,19). The molecular weight excluding hydrogens is 266 g/mol. The molecule has 0 saturated carbocycles. The van der Waals surface area contributed by atoms with Gasteiger partial charge in [0.05, 0.1) is 26.4 Å². The zero-order valence-corrected chi connectivity index (χ0v) is 13.6. The lowest BCUT2D eigenvalue weighted by molar-refractivity contribution is 0.0497. The van der Waals surface area contributed by atoms with Crippen molar-refractivity contribution in [1.82, 2.24) is 10.6 Å². The van der Waals surface area contributed by atoms with E-state index in [-0.39, 0.29) is 0 Å². The Hall–Kier alpha value is -1.07. The molecule has 0 radical (unpaired) electrons. The van der Waals surface area contributed by atoms with E-state index in [2.05, 4.69) is 41.6 Å². The maximum Gasteiger partial charge on any atom is 0.191 e. The monoisotopic (exact) mass is 297 g/mol. The summed E-state index contributed by atoms with van der Waals surface area (Å²) in [6.45, 7) is 8.58. The molecule has 0 spiro atoms. The lowest BCUT2D eigenvalue weighted by atomic mass is 10.2. The number of hydrogen-bond donors (Lipinski definition) is 2. The van der Waals surface area contributed by atoms with Crippen LogP contribution in [0, 0.1) is 0 Å². The largest absolute Gasteiger partial charge is 0.379 e. The first-order chi connectivity index (χ1) is 10.4. The van der Waals surface area contributed by atoms with E-state index >= 15 is 0 Å². The van der Waals surface area contributed by atoms with Gasteiger partial charge in [-0.15, -0.1) is 0 Å². The van der Waals surface area contributed by atoms with Crippen LogP contribution in [-0.4, -0.2) is 51.5 Å². The number of hydrogen-bond acceptors (Lipinski definition) is 3. The van der Waals surface area contributed by atoms with Gasteiger partial charge in [0.15, 0.2) is 5.96 Å². The molecule has 21 heavy (non-hydrogen) atoms. The molecule has 5 heteroatoms. The van der Waals surface area contributed by atoms with Gasteiger partial charge in [0.2, 0.25) is 0 Å². The zero-order valence-electron chi connectivity index (χ0n) is 13.6. The van der Waals surface area contributed by atoms with Crippen LogP contribution in [0.5, 0.6) is 0 Å². The van der Waals surface area contributed by atoms with Crippen molar-refractivity contribution in [3.05, 3.63) is 12.2 Å². The highest BCUT2D eigenvalue weighted by Gasteiger charge is 2.11. The van der Waals surface area contributed by atoms with Gasteiger partial charge in [-0.05, 0) is 26.2 Å². The minimum Gasteiger partial charge on any atom is -0.379 e. The summed E-state index contributed by atoms with van der Waals surface area (Å²) in [7, 11) is 0. The smallest absolute Gasteiger partial charge is 0.191 e. The van der Waals surface area contributed by atoms with Crippen LogP contribution in [0.3, 0.4) is 0 Å². The van der Waals surface area contributed by atoms with E-state index in [0.29, 0.717) is 32.4 Å². The molecule has 0 aliphatic heterocycles. The number of aliphatic imine (C=N–C) groups is 1. The third kappa shape index (κ3) is 9.47. The summed E-state index contributed by atoms with van der Waals surface area (Å²) in [5, 5.41) is 6.70. The van der Waals surface area contributed by atoms with Crippen LogP contribution in [0.2, 0.25) is 0 Å². The molecule has 1 rings (SSSR count). The Kier molecular flexibility index (Phi) is 10.8. The third-order valence-electron chi connectivity index (χ3n) is 3.21. The van der Waals surface area contributed by atoms with Gasteiger partial charge in [0, 0.05) is 19.2 Å². The number of rotatable bonds is 11. The molecule has 0 amide bonds. The van der Waals surface area contributed by atoms with Gasteiger partial charge in [-0.3, -0.25) is 4.99 Å². The van der Waals surface area contributed by atoms with Crippen molar-refractivity contribution >= 4 is 5.96 Å². The quantitative estimate of drug-likeness (QED) is 0.265. The van der Waals surface area contributed by atoms with Crippen LogP contribution in [0.25, 0.3) is 0 Å². The molecule has 2 N–H and O–H groups in total. The highest BCUT2D eigenvalue weighted by molar-refractivity contribution is 5.80. The van der Waals surface area contributed by atoms with Crippen molar-refractivity contribution in [3.8, 4) is 0 Å². The summed E-state index contributed by atoms with van der Waals surface area (Å²) >= 11 is 0. The van der Waals surface area contributed by atoms with E-state index in [1.165, 1.54) is 6.42 Å². The molecule has 0 aromatic heterocycles. The Morgan fingerprint density at radius 2 is 1.81 bits per heavy atom. The van der Waals surface area contributed by atoms with Gasteiger partial charge in [0.1, 0.15) is 0 Å². The van der Waals surface area contributed by atoms with E-state index in [1.54, 1.807) is 0 Å². The van der Waals surface area contributed by atoms with Crippen LogP contribution in [0.4, 0.5) is 0 Å². The lowest BCUT2D eigenvalue weighted by Gasteiger charge is -2.16. The fraction of sp³-hybridized carbons (Fsp3) is 0.812. The number of nitrogens with zero attached hydrogens (tertiary/aromatic N) is 1. The van der Waals surface area contributed by atoms with Gasteiger partial charge in [-0.1, -0.05) is 25.5 Å². The molecular formula is C16H31N3O2. The Morgan fingerprint density at radius 1 is 1.10 bits per heavy atom. The molecule has 0 atom stereocenters. The van der Waals surface area contributed by atoms with Crippen LogP contribution >= 0.6 is 0 Å². The highest BCUT2D eigenvalue weighted by Crippen LogP contribution is 2.08. The Balaban J connectivity index is 2.04. The first kappa shape index (κ1) is 18.0. The molecule has 1 aliphatic carbocycles. The first-order valence-electron chi connectivity index (χ1n) is 8.22. The molecule has 0 aromatic carbocycles. The molecule has 0 saturated heterocycles. The van der Waals surface area contributed by atoms with Gasteiger partial charge >= 0.3 is 0 Å². The molecule has 0 bridgehead atoms. The van der Waals surface area contributed by atoms with Crippen LogP contribution < -0.4 is 10.6 Å². The predicted octanol–water partition coefficient (Wildman–Crippen LogP) is 2.09. The van der Waals surface area contributed by atoms with Crippen LogP contribution in [0.1, 0.15) is 39.5 Å². The second-order valence-corrected chi connectivity index (χ2v) is 5.12. The van der Waals surface area contributed by atoms with Crippen molar-refractivity contribution in [2.45, 2.75) is 45.6 Å². The van der Waals surface area contributed by atoms with Gasteiger partial charge in [0.25, 0.3) is 0 Å². The van der Waals surface area contributed by atoms with Crippen molar-refractivity contribution in [2.75, 3.05) is 39.5 Å². The van der Waals surface area contributed by atoms with Gasteiger partial charge in [-0.2, -0.15) is 0 Å². The minimum absolute atomic E-state index is 0.482. The van der Waals surface area contributed by atoms with Gasteiger partial charge in [-0.25, -0.2) is 0 Å². The van der Waals surface area contributed by atoms with Crippen molar-refractivity contribution in [1.29, 1.82) is 0 Å². The number of unbranched alkanes of at least 4 members (excludes halogenated alkanes) is 1. The van der Waals surface area contributed by atoms with Crippen molar-refractivity contribution in [2.24, 2.45) is 4.99 Å². The topological polar surface area (TPSA) is 54.9 Å². The molecule has 122 valence electrons. The van der Waals surface area contributed by atoms with E-state index < -0.39 is 0 Å². The van der Waals surface area contributed by atoms with E-state index in [4.69, 9.17) is 9.47 Å². The molecule has 1 aliphatic rings. The predicted molar refractivity (Wildman–Crippen MR) is 87.8 cm³/mol. The summed E-state index contributed by atoms with van der Waals surface area (Å²) in [5.41, 5.74) is 0. The Bertz CT molecular complexity index is 298. The average Bonchev–Trinajstić information content (AvgIpc) is 2.98. The summed E-state index contributed by atoms with van der Waals surface area (Å²) in [6, 6.07) is 0.482. The minimum atomic E-state index is 0.482. The SMILES string of the molecule is CCCCOCCOCCN=C(NCC)NC1CC=CC1. The van der Waals surface area contributed by atoms with Crippen molar-refractivity contribution < 1.29 is 9.47 Å². The molecule has 0 aromatic rings. The van der Waals surface area contributed by atoms with Crippen LogP contribution in [-0.2, 0) is 9.47 Å². The fourth-order valence-corrected chi connectivity index (χ4v) is 2.04. The van der Waals surface area contributed by atoms with Crippen molar-refractivity contribution in [3.63, 3.8) is 0 Å². The van der Waals surface area contributed by atoms with Crippen LogP contribution in [0.15, 0.2) is 17.1 Å². The average molecular weight is 297 g/mol. The second-order valence-electron chi connectivity index (χ2n) is 5.12. The molecule has 0 fully saturated rings. The summed E-state index contributed by atoms with van der Waals surface area (Å²) in [6.07, 6.45) is 8.88. The molecule has 5 nitrogen and oxygen atoms in total. The fourth-order valence-electron chi connectivity index (χ4n) is 2.04. The van der Waals surface area contributed by atoms with E-state index in [0.717, 1.165) is 38.4 Å². The Labute approximate surface area is 129 Å². The number of nitrogens with one attached hydrogen (secondary N) is 2. The first-order valence-corrected chi connectivity index (χ1v) is 8.22. The lowest BCUT2D eigenvalue weighted by Crippen LogP contribution is -2.42. The second kappa shape index (κ2) is 12.7. The Morgan fingerprint density at radius 3 is 2.48 bits per heavy atom. The summed E-state index contributed by atoms with van der Waals surface area (Å²) in [4.78, 5) is 4.53. The summed E-state index contributed by atoms with van der Waals surface area (Å²) in [5.74, 6) is 0.883. The van der Waals surface area contributed by atoms with E-state index in [1.807, 2.05) is 0 Å². The van der Waals surface area contributed by atoms with E-state index in [9.17, 15) is 0 Å². The highest BCUT2D eigenvalue weighted by atomic mass is 16.5.